The van der Waals surface area contributed by atoms with Crippen molar-refractivity contribution in [2.45, 2.75) is 30.3 Å². The fourth-order valence-electron chi connectivity index (χ4n) is 2.95. The van der Waals surface area contributed by atoms with Crippen LogP contribution in [0.1, 0.15) is 18.4 Å². The highest BCUT2D eigenvalue weighted by molar-refractivity contribution is 9.09. The molecule has 0 N–H and O–H groups in total. The number of rotatable bonds is 4. The molecule has 1 fully saturated rings. The van der Waals surface area contributed by atoms with E-state index in [1.54, 1.807) is 0 Å². The second kappa shape index (κ2) is 7.39. The molecule has 0 amide bonds. The summed E-state index contributed by atoms with van der Waals surface area (Å²) < 4.78 is 6.00. The van der Waals surface area contributed by atoms with Crippen LogP contribution in [0.5, 0.6) is 0 Å². The van der Waals surface area contributed by atoms with E-state index < -0.39 is 0 Å². The van der Waals surface area contributed by atoms with Crippen LogP contribution in [0.3, 0.4) is 0 Å². The molecule has 0 unspecified atom stereocenters. The second-order valence-electron chi connectivity index (χ2n) is 5.72. The summed E-state index contributed by atoms with van der Waals surface area (Å²) in [7, 11) is 0. The Hall–Kier alpha value is -0.900. The van der Waals surface area contributed by atoms with Gasteiger partial charge in [-0.2, -0.15) is 0 Å². The van der Waals surface area contributed by atoms with Crippen LogP contribution in [-0.2, 0) is 11.3 Å². The Bertz CT molecular complexity index is 511. The van der Waals surface area contributed by atoms with Gasteiger partial charge >= 0.3 is 0 Å². The van der Waals surface area contributed by atoms with Crippen LogP contribution in [0.25, 0.3) is 0 Å². The lowest BCUT2D eigenvalue weighted by atomic mass is 10.0. The molecule has 0 spiro atoms. The van der Waals surface area contributed by atoms with E-state index in [1.807, 2.05) is 0 Å². The zero-order chi connectivity index (χ0) is 14.5. The maximum absolute atomic E-state index is 6.00. The van der Waals surface area contributed by atoms with Gasteiger partial charge in [0.15, 0.2) is 0 Å². The third-order valence-corrected chi connectivity index (χ3v) is 5.21. The molecule has 1 heterocycles. The minimum Gasteiger partial charge on any atom is -0.374 e. The lowest BCUT2D eigenvalue weighted by Gasteiger charge is -2.36. The van der Waals surface area contributed by atoms with Crippen LogP contribution in [0.15, 0.2) is 54.1 Å². The normalized spacial score (nSPS) is 24.6. The van der Waals surface area contributed by atoms with Crippen molar-refractivity contribution in [1.82, 2.24) is 4.90 Å². The van der Waals surface area contributed by atoms with E-state index >= 15 is 0 Å². The molecular formula is C18H22BrNO. The van der Waals surface area contributed by atoms with Gasteiger partial charge in [0.2, 0.25) is 0 Å². The van der Waals surface area contributed by atoms with Gasteiger partial charge in [-0.15, -0.1) is 0 Å². The Morgan fingerprint density at radius 3 is 2.86 bits per heavy atom. The van der Waals surface area contributed by atoms with E-state index in [9.17, 15) is 0 Å². The topological polar surface area (TPSA) is 12.5 Å². The number of allylic oxidation sites excluding steroid dienone is 3. The van der Waals surface area contributed by atoms with Crippen LogP contribution < -0.4 is 0 Å². The molecule has 1 aliphatic carbocycles. The summed E-state index contributed by atoms with van der Waals surface area (Å²) in [6, 6.07) is 10.7. The molecule has 1 aliphatic heterocycles. The van der Waals surface area contributed by atoms with Crippen molar-refractivity contribution in [3.8, 4) is 0 Å². The summed E-state index contributed by atoms with van der Waals surface area (Å²) in [5.41, 5.74) is 2.74. The number of nitrogens with zero attached hydrogens (tertiary/aromatic N) is 1. The Morgan fingerprint density at radius 2 is 2.10 bits per heavy atom. The van der Waals surface area contributed by atoms with E-state index in [1.165, 1.54) is 11.1 Å². The summed E-state index contributed by atoms with van der Waals surface area (Å²) in [4.78, 5) is 2.79. The first-order valence-electron chi connectivity index (χ1n) is 7.71. The van der Waals surface area contributed by atoms with Crippen LogP contribution in [-0.4, -0.2) is 35.5 Å². The number of hydrogen-bond acceptors (Lipinski definition) is 2. The zero-order valence-corrected chi connectivity index (χ0v) is 13.8. The van der Waals surface area contributed by atoms with Gasteiger partial charge in [0.25, 0.3) is 0 Å². The quantitative estimate of drug-likeness (QED) is 0.765. The monoisotopic (exact) mass is 347 g/mol. The van der Waals surface area contributed by atoms with Gasteiger partial charge in [0.1, 0.15) is 0 Å². The largest absolute Gasteiger partial charge is 0.374 e. The maximum atomic E-state index is 6.00. The van der Waals surface area contributed by atoms with Gasteiger partial charge in [0.05, 0.1) is 17.5 Å². The van der Waals surface area contributed by atoms with Crippen LogP contribution in [0.2, 0.25) is 0 Å². The minimum absolute atomic E-state index is 0.233. The number of halogens is 1. The van der Waals surface area contributed by atoms with E-state index in [4.69, 9.17) is 4.74 Å². The van der Waals surface area contributed by atoms with Crippen molar-refractivity contribution in [2.75, 3.05) is 19.7 Å². The molecule has 21 heavy (non-hydrogen) atoms. The Labute approximate surface area is 135 Å². The smallest absolute Gasteiger partial charge is 0.0868 e. The maximum Gasteiger partial charge on any atom is 0.0868 e. The van der Waals surface area contributed by atoms with E-state index in [-0.39, 0.29) is 6.10 Å². The fourth-order valence-corrected chi connectivity index (χ4v) is 3.61. The molecule has 1 aromatic carbocycles. The van der Waals surface area contributed by atoms with Gasteiger partial charge in [-0.25, -0.2) is 0 Å². The lowest BCUT2D eigenvalue weighted by Crippen LogP contribution is -2.46. The average Bonchev–Trinajstić information content (AvgIpc) is 2.56. The highest BCUT2D eigenvalue weighted by atomic mass is 79.9. The summed E-state index contributed by atoms with van der Waals surface area (Å²) in [5.74, 6) is 0. The number of morpholine rings is 1. The molecule has 2 atom stereocenters. The van der Waals surface area contributed by atoms with Crippen molar-refractivity contribution >= 4 is 15.9 Å². The SMILES string of the molecule is Br[C@H](C1=CCCC=C1)[C@@H]1CN(Cc2ccccc2)CCO1. The highest BCUT2D eigenvalue weighted by Gasteiger charge is 2.28. The van der Waals surface area contributed by atoms with Crippen LogP contribution >= 0.6 is 15.9 Å². The van der Waals surface area contributed by atoms with Gasteiger partial charge in [-0.3, -0.25) is 4.90 Å². The fraction of sp³-hybridized carbons (Fsp3) is 0.444. The average molecular weight is 348 g/mol. The van der Waals surface area contributed by atoms with Gasteiger partial charge in [0, 0.05) is 19.6 Å². The summed E-state index contributed by atoms with van der Waals surface area (Å²) in [6.07, 6.45) is 9.37. The predicted octanol–water partition coefficient (Wildman–Crippen LogP) is 3.93. The molecule has 3 heteroatoms. The van der Waals surface area contributed by atoms with Crippen molar-refractivity contribution in [3.63, 3.8) is 0 Å². The van der Waals surface area contributed by atoms with Crippen molar-refractivity contribution < 1.29 is 4.74 Å². The van der Waals surface area contributed by atoms with E-state index in [0.29, 0.717) is 4.83 Å². The Morgan fingerprint density at radius 1 is 1.24 bits per heavy atom. The molecule has 0 radical (unpaired) electrons. The molecule has 1 aromatic rings. The van der Waals surface area contributed by atoms with Crippen LogP contribution in [0.4, 0.5) is 0 Å². The molecule has 112 valence electrons. The van der Waals surface area contributed by atoms with Crippen molar-refractivity contribution in [3.05, 3.63) is 59.7 Å². The molecule has 2 nitrogen and oxygen atoms in total. The van der Waals surface area contributed by atoms with Gasteiger partial charge in [-0.1, -0.05) is 64.5 Å². The van der Waals surface area contributed by atoms with Crippen molar-refractivity contribution in [1.29, 1.82) is 0 Å². The molecular weight excluding hydrogens is 326 g/mol. The summed E-state index contributed by atoms with van der Waals surface area (Å²) in [6.45, 7) is 3.82. The standard InChI is InChI=1S/C18H22BrNO/c19-18(16-9-5-2-6-10-16)17-14-20(11-12-21-17)13-15-7-3-1-4-8-15/h1,3-5,7-10,17-18H,2,6,11-14H2/t17-,18+/m0/s1. The Balaban J connectivity index is 1.60. The number of alkyl halides is 1. The molecule has 3 rings (SSSR count). The first-order valence-corrected chi connectivity index (χ1v) is 8.63. The van der Waals surface area contributed by atoms with Crippen LogP contribution in [0, 0.1) is 0 Å². The molecule has 1 saturated heterocycles. The predicted molar refractivity (Wildman–Crippen MR) is 90.6 cm³/mol. The zero-order valence-electron chi connectivity index (χ0n) is 12.2. The van der Waals surface area contributed by atoms with Crippen molar-refractivity contribution in [2.24, 2.45) is 0 Å². The van der Waals surface area contributed by atoms with Gasteiger partial charge in [-0.05, 0) is 24.0 Å². The summed E-state index contributed by atoms with van der Waals surface area (Å²) in [5, 5.41) is 0. The van der Waals surface area contributed by atoms with Gasteiger partial charge < -0.3 is 4.74 Å². The first-order chi connectivity index (χ1) is 10.3. The third-order valence-electron chi connectivity index (χ3n) is 4.10. The lowest BCUT2D eigenvalue weighted by molar-refractivity contribution is -0.0266. The molecule has 2 aliphatic rings. The number of benzene rings is 1. The third kappa shape index (κ3) is 4.06. The first kappa shape index (κ1) is 15.0. The van der Waals surface area contributed by atoms with E-state index in [0.717, 1.165) is 39.1 Å². The number of hydrogen-bond donors (Lipinski definition) is 0. The van der Waals surface area contributed by atoms with E-state index in [2.05, 4.69) is 69.4 Å². The summed E-state index contributed by atoms with van der Waals surface area (Å²) >= 11 is 3.84. The number of ether oxygens (including phenoxy) is 1. The molecule has 0 aromatic heterocycles. The highest BCUT2D eigenvalue weighted by Crippen LogP contribution is 2.26. The minimum atomic E-state index is 0.233. The Kier molecular flexibility index (Phi) is 5.28. The second-order valence-corrected chi connectivity index (χ2v) is 6.70. The molecule has 0 saturated carbocycles. The molecule has 0 bridgehead atoms.